The van der Waals surface area contributed by atoms with Gasteiger partial charge in [-0.2, -0.15) is 0 Å². The summed E-state index contributed by atoms with van der Waals surface area (Å²) in [5.41, 5.74) is 5.89. The lowest BCUT2D eigenvalue weighted by atomic mass is 10.2. The van der Waals surface area contributed by atoms with Gasteiger partial charge in [-0.15, -0.1) is 5.54 Å². The maximum absolute atomic E-state index is 3.58. The molecule has 0 spiro atoms. The number of aryl methyl sites for hydroxylation is 1. The average Bonchev–Trinajstić information content (AvgIpc) is 2.47. The first-order chi connectivity index (χ1) is 10.4. The van der Waals surface area contributed by atoms with Crippen LogP contribution in [0.25, 0.3) is 0 Å². The number of nitrogens with one attached hydrogen (secondary N) is 1. The largest absolute Gasteiger partial charge is 0.363 e. The van der Waals surface area contributed by atoms with E-state index in [9.17, 15) is 0 Å². The van der Waals surface area contributed by atoms with Crippen molar-refractivity contribution in [2.75, 3.05) is 5.32 Å². The van der Waals surface area contributed by atoms with Crippen LogP contribution in [0.4, 0.5) is 5.69 Å². The third-order valence-electron chi connectivity index (χ3n) is 3.01. The van der Waals surface area contributed by atoms with Crippen LogP contribution < -0.4 is 5.32 Å². The molecule has 114 valence electrons. The highest BCUT2D eigenvalue weighted by molar-refractivity contribution is 8.00. The minimum atomic E-state index is -1.38. The molecule has 0 radical (unpaired) electrons. The van der Waals surface area contributed by atoms with E-state index in [4.69, 9.17) is 0 Å². The third-order valence-corrected chi connectivity index (χ3v) is 4.92. The molecule has 0 bridgehead atoms. The number of hydrogen-bond acceptors (Lipinski definition) is 2. The van der Waals surface area contributed by atoms with E-state index in [1.54, 1.807) is 11.8 Å². The van der Waals surface area contributed by atoms with Crippen molar-refractivity contribution in [1.29, 1.82) is 0 Å². The molecule has 0 heterocycles. The van der Waals surface area contributed by atoms with Crippen LogP contribution in [0, 0.1) is 18.4 Å². The molecule has 1 atom stereocenters. The van der Waals surface area contributed by atoms with E-state index >= 15 is 0 Å². The van der Waals surface area contributed by atoms with Crippen molar-refractivity contribution in [1.82, 2.24) is 0 Å². The van der Waals surface area contributed by atoms with Crippen molar-refractivity contribution < 1.29 is 0 Å². The zero-order valence-corrected chi connectivity index (χ0v) is 15.5. The van der Waals surface area contributed by atoms with Gasteiger partial charge >= 0.3 is 0 Å². The van der Waals surface area contributed by atoms with Crippen LogP contribution in [0.15, 0.2) is 59.5 Å². The average molecular weight is 326 g/mol. The Labute approximate surface area is 139 Å². The Balaban J connectivity index is 2.21. The molecule has 0 aliphatic carbocycles. The quantitative estimate of drug-likeness (QED) is 0.349. The van der Waals surface area contributed by atoms with Gasteiger partial charge in [0.05, 0.1) is 0 Å². The van der Waals surface area contributed by atoms with E-state index in [1.165, 1.54) is 10.5 Å². The molecule has 0 saturated carbocycles. The van der Waals surface area contributed by atoms with E-state index in [1.807, 2.05) is 6.07 Å². The van der Waals surface area contributed by atoms with Gasteiger partial charge in [-0.3, -0.25) is 0 Å². The number of hydrogen-bond donors (Lipinski definition) is 1. The van der Waals surface area contributed by atoms with Crippen LogP contribution >= 0.6 is 11.8 Å². The Kier molecular flexibility index (Phi) is 5.76. The SMILES string of the molecule is Cc1ccccc1NC(C#C[Si](C)(C)C)Sc1ccccc1. The number of rotatable bonds is 4. The normalized spacial score (nSPS) is 12.2. The first kappa shape index (κ1) is 16.7. The van der Waals surface area contributed by atoms with E-state index in [0.29, 0.717) is 0 Å². The standard InChI is InChI=1S/C19H23NSSi/c1-16-10-8-9-13-18(16)20-19(14-15-22(2,3)4)21-17-11-6-5-7-12-17/h5-13,19-20H,1-4H3. The number of anilines is 1. The van der Waals surface area contributed by atoms with E-state index in [2.05, 4.69) is 91.9 Å². The molecule has 3 heteroatoms. The van der Waals surface area contributed by atoms with Crippen LogP contribution in [-0.2, 0) is 0 Å². The van der Waals surface area contributed by atoms with Crippen molar-refractivity contribution in [3.63, 3.8) is 0 Å². The fourth-order valence-corrected chi connectivity index (χ4v) is 3.46. The molecule has 0 aromatic heterocycles. The zero-order chi connectivity index (χ0) is 16.0. The molecule has 0 aliphatic rings. The van der Waals surface area contributed by atoms with Gasteiger partial charge in [0, 0.05) is 10.6 Å². The molecule has 0 saturated heterocycles. The Morgan fingerprint density at radius 3 is 2.23 bits per heavy atom. The van der Waals surface area contributed by atoms with Crippen LogP contribution in [0.5, 0.6) is 0 Å². The molecule has 0 aliphatic heterocycles. The van der Waals surface area contributed by atoms with Crippen LogP contribution in [0.1, 0.15) is 5.56 Å². The van der Waals surface area contributed by atoms with Crippen LogP contribution in [-0.4, -0.2) is 13.4 Å². The lowest BCUT2D eigenvalue weighted by molar-refractivity contribution is 1.26. The second-order valence-electron chi connectivity index (χ2n) is 6.29. The first-order valence-electron chi connectivity index (χ1n) is 7.51. The molecule has 2 aromatic carbocycles. The van der Waals surface area contributed by atoms with Gasteiger partial charge in [0.1, 0.15) is 13.4 Å². The highest BCUT2D eigenvalue weighted by Crippen LogP contribution is 2.25. The Morgan fingerprint density at radius 2 is 1.59 bits per heavy atom. The van der Waals surface area contributed by atoms with Gasteiger partial charge in [-0.25, -0.2) is 0 Å². The summed E-state index contributed by atoms with van der Waals surface area (Å²) in [5.74, 6) is 3.45. The topological polar surface area (TPSA) is 12.0 Å². The molecule has 0 amide bonds. The molecule has 22 heavy (non-hydrogen) atoms. The summed E-state index contributed by atoms with van der Waals surface area (Å²) in [4.78, 5) is 1.23. The number of thioether (sulfide) groups is 1. The number of benzene rings is 2. The van der Waals surface area contributed by atoms with Gasteiger partial charge in [-0.1, -0.05) is 73.7 Å². The predicted molar refractivity (Wildman–Crippen MR) is 102 cm³/mol. The maximum Gasteiger partial charge on any atom is 0.139 e. The summed E-state index contributed by atoms with van der Waals surface area (Å²) in [6.45, 7) is 8.95. The molecule has 2 aromatic rings. The first-order valence-corrected chi connectivity index (χ1v) is 11.9. The van der Waals surface area contributed by atoms with Crippen molar-refractivity contribution in [2.45, 2.75) is 36.8 Å². The second kappa shape index (κ2) is 7.58. The molecule has 1 nitrogen and oxygen atoms in total. The summed E-state index contributed by atoms with van der Waals surface area (Å²) < 4.78 is 0. The molecule has 1 unspecified atom stereocenters. The fraction of sp³-hybridized carbons (Fsp3) is 0.263. The Bertz CT molecular complexity index is 665. The summed E-state index contributed by atoms with van der Waals surface area (Å²) in [6.07, 6.45) is 0. The Morgan fingerprint density at radius 1 is 0.955 bits per heavy atom. The van der Waals surface area contributed by atoms with Gasteiger partial charge < -0.3 is 5.32 Å². The number of para-hydroxylation sites is 1. The zero-order valence-electron chi connectivity index (χ0n) is 13.7. The summed E-state index contributed by atoms with van der Waals surface area (Å²) in [6, 6.07) is 18.8. The van der Waals surface area contributed by atoms with Gasteiger partial charge in [0.2, 0.25) is 0 Å². The lowest BCUT2D eigenvalue weighted by Gasteiger charge is -2.17. The van der Waals surface area contributed by atoms with E-state index < -0.39 is 8.07 Å². The van der Waals surface area contributed by atoms with Crippen LogP contribution in [0.2, 0.25) is 19.6 Å². The highest BCUT2D eigenvalue weighted by Gasteiger charge is 2.12. The molecule has 0 fully saturated rings. The van der Waals surface area contributed by atoms with Crippen molar-refractivity contribution in [2.24, 2.45) is 0 Å². The van der Waals surface area contributed by atoms with Crippen molar-refractivity contribution in [3.8, 4) is 11.5 Å². The predicted octanol–water partition coefficient (Wildman–Crippen LogP) is 5.41. The molecular formula is C19H23NSSi. The minimum absolute atomic E-state index is 0.0650. The van der Waals surface area contributed by atoms with Gasteiger partial charge in [0.15, 0.2) is 0 Å². The van der Waals surface area contributed by atoms with Gasteiger partial charge in [-0.05, 0) is 30.7 Å². The van der Waals surface area contributed by atoms with Crippen molar-refractivity contribution >= 4 is 25.5 Å². The minimum Gasteiger partial charge on any atom is -0.363 e. The van der Waals surface area contributed by atoms with Gasteiger partial charge in [0.25, 0.3) is 0 Å². The molecular weight excluding hydrogens is 302 g/mol. The molecule has 2 rings (SSSR count). The Hall–Kier alpha value is -1.63. The highest BCUT2D eigenvalue weighted by atomic mass is 32.2. The summed E-state index contributed by atoms with van der Waals surface area (Å²) >= 11 is 1.77. The third kappa shape index (κ3) is 5.63. The van der Waals surface area contributed by atoms with Crippen LogP contribution in [0.3, 0.4) is 0 Å². The second-order valence-corrected chi connectivity index (χ2v) is 12.2. The summed E-state index contributed by atoms with van der Waals surface area (Å²) in [7, 11) is -1.38. The fourth-order valence-electron chi connectivity index (χ4n) is 1.89. The monoisotopic (exact) mass is 325 g/mol. The van der Waals surface area contributed by atoms with E-state index in [-0.39, 0.29) is 5.37 Å². The molecule has 1 N–H and O–H groups in total. The summed E-state index contributed by atoms with van der Waals surface area (Å²) in [5, 5.41) is 3.64. The van der Waals surface area contributed by atoms with Crippen molar-refractivity contribution in [3.05, 3.63) is 60.2 Å². The van der Waals surface area contributed by atoms with E-state index in [0.717, 1.165) is 5.69 Å². The smallest absolute Gasteiger partial charge is 0.139 e. The maximum atomic E-state index is 3.58. The lowest BCUT2D eigenvalue weighted by Crippen LogP contribution is -2.20.